The van der Waals surface area contributed by atoms with Crippen LogP contribution in [0.4, 0.5) is 4.79 Å². The molecule has 0 aromatic heterocycles. The van der Waals surface area contributed by atoms with Gasteiger partial charge in [-0.15, -0.1) is 0 Å². The standard InChI is InChI=1S/C9H10.CH2O3/c1-2-7-8-5-3-4-6-9(7)8;2-1(3)4/h3-7H,2H2,1H3;(H2,2,3,4). The summed E-state index contributed by atoms with van der Waals surface area (Å²) in [6, 6.07) is 8.69. The molecule has 1 aromatic rings. The fraction of sp³-hybridized carbons (Fsp3) is 0.300. The molecule has 1 aromatic carbocycles. The molecule has 13 heavy (non-hydrogen) atoms. The zero-order chi connectivity index (χ0) is 9.84. The van der Waals surface area contributed by atoms with Gasteiger partial charge in [-0.3, -0.25) is 0 Å². The SMILES string of the molecule is CCC1c2ccccc21.O=C(O)O. The summed E-state index contributed by atoms with van der Waals surface area (Å²) in [6.45, 7) is 2.24. The van der Waals surface area contributed by atoms with Crippen LogP contribution in [0.1, 0.15) is 30.4 Å². The molecule has 0 fully saturated rings. The smallest absolute Gasteiger partial charge is 0.450 e. The summed E-state index contributed by atoms with van der Waals surface area (Å²) in [4.78, 5) is 8.56. The van der Waals surface area contributed by atoms with Crippen molar-refractivity contribution in [2.75, 3.05) is 0 Å². The van der Waals surface area contributed by atoms with Gasteiger partial charge in [0.05, 0.1) is 0 Å². The van der Waals surface area contributed by atoms with E-state index in [1.165, 1.54) is 6.42 Å². The van der Waals surface area contributed by atoms with Gasteiger partial charge in [0, 0.05) is 5.92 Å². The van der Waals surface area contributed by atoms with Crippen LogP contribution in [0.2, 0.25) is 0 Å². The number of rotatable bonds is 1. The maximum atomic E-state index is 8.56. The van der Waals surface area contributed by atoms with Crippen molar-refractivity contribution in [2.24, 2.45) is 0 Å². The molecule has 0 saturated heterocycles. The van der Waals surface area contributed by atoms with Gasteiger partial charge in [0.2, 0.25) is 0 Å². The second-order valence-electron chi connectivity index (χ2n) is 2.87. The van der Waals surface area contributed by atoms with Crippen molar-refractivity contribution in [3.8, 4) is 0 Å². The van der Waals surface area contributed by atoms with Gasteiger partial charge in [-0.1, -0.05) is 31.2 Å². The number of hydrogen-bond donors (Lipinski definition) is 2. The lowest BCUT2D eigenvalue weighted by molar-refractivity contribution is 0.137. The summed E-state index contributed by atoms with van der Waals surface area (Å²) in [5.41, 5.74) is 3.14. The molecule has 0 unspecified atom stereocenters. The van der Waals surface area contributed by atoms with Crippen molar-refractivity contribution in [3.63, 3.8) is 0 Å². The van der Waals surface area contributed by atoms with E-state index in [0.717, 1.165) is 5.92 Å². The van der Waals surface area contributed by atoms with Gasteiger partial charge in [-0.25, -0.2) is 4.79 Å². The van der Waals surface area contributed by atoms with E-state index < -0.39 is 6.16 Å². The highest BCUT2D eigenvalue weighted by Crippen LogP contribution is 2.44. The summed E-state index contributed by atoms with van der Waals surface area (Å²) in [6.07, 6.45) is -0.556. The topological polar surface area (TPSA) is 57.5 Å². The predicted octanol–water partition coefficient (Wildman–Crippen LogP) is 2.76. The molecule has 0 radical (unpaired) electrons. The van der Waals surface area contributed by atoms with Crippen molar-refractivity contribution < 1.29 is 15.0 Å². The van der Waals surface area contributed by atoms with Crippen LogP contribution in [0, 0.1) is 0 Å². The molecule has 3 nitrogen and oxygen atoms in total. The first-order chi connectivity index (χ1) is 6.16. The van der Waals surface area contributed by atoms with Gasteiger partial charge in [-0.05, 0) is 17.5 Å². The molecular formula is C10H12O3. The average Bonchev–Trinajstić information content (AvgIpc) is 2.76. The van der Waals surface area contributed by atoms with E-state index >= 15 is 0 Å². The third-order valence-electron chi connectivity index (χ3n) is 2.07. The summed E-state index contributed by atoms with van der Waals surface area (Å²) >= 11 is 0. The molecule has 1 aliphatic carbocycles. The first-order valence-corrected chi connectivity index (χ1v) is 4.17. The fourth-order valence-electron chi connectivity index (χ4n) is 1.49. The predicted molar refractivity (Wildman–Crippen MR) is 49.2 cm³/mol. The van der Waals surface area contributed by atoms with Crippen LogP contribution in [0.15, 0.2) is 24.3 Å². The van der Waals surface area contributed by atoms with Gasteiger partial charge in [-0.2, -0.15) is 0 Å². The van der Waals surface area contributed by atoms with Crippen molar-refractivity contribution in [1.29, 1.82) is 0 Å². The van der Waals surface area contributed by atoms with E-state index in [1.807, 2.05) is 0 Å². The zero-order valence-corrected chi connectivity index (χ0v) is 7.40. The lowest BCUT2D eigenvalue weighted by Gasteiger charge is -1.79. The lowest BCUT2D eigenvalue weighted by atomic mass is 10.2. The van der Waals surface area contributed by atoms with E-state index in [9.17, 15) is 0 Å². The van der Waals surface area contributed by atoms with Gasteiger partial charge in [0.15, 0.2) is 0 Å². The van der Waals surface area contributed by atoms with E-state index in [0.29, 0.717) is 0 Å². The Morgan fingerprint density at radius 1 is 1.31 bits per heavy atom. The van der Waals surface area contributed by atoms with Crippen LogP contribution in [-0.2, 0) is 0 Å². The van der Waals surface area contributed by atoms with Gasteiger partial charge in [0.1, 0.15) is 0 Å². The van der Waals surface area contributed by atoms with E-state index in [2.05, 4.69) is 31.2 Å². The summed E-state index contributed by atoms with van der Waals surface area (Å²) in [7, 11) is 0. The Kier molecular flexibility index (Phi) is 2.90. The Hall–Kier alpha value is -1.51. The normalized spacial score (nSPS) is 12.4. The van der Waals surface area contributed by atoms with Crippen molar-refractivity contribution in [1.82, 2.24) is 0 Å². The summed E-state index contributed by atoms with van der Waals surface area (Å²) in [5.74, 6) is 0.819. The Morgan fingerprint density at radius 2 is 1.69 bits per heavy atom. The molecule has 2 N–H and O–H groups in total. The second kappa shape index (κ2) is 3.94. The number of carboxylic acid groups (broad SMARTS) is 2. The number of benzene rings is 1. The largest absolute Gasteiger partial charge is 0.503 e. The van der Waals surface area contributed by atoms with Crippen molar-refractivity contribution in [3.05, 3.63) is 35.4 Å². The Balaban J connectivity index is 0.000000184. The fourth-order valence-corrected chi connectivity index (χ4v) is 1.49. The van der Waals surface area contributed by atoms with Crippen LogP contribution in [0.3, 0.4) is 0 Å². The first kappa shape index (κ1) is 9.58. The molecule has 0 aliphatic heterocycles. The quantitative estimate of drug-likeness (QED) is 0.698. The van der Waals surface area contributed by atoms with Crippen LogP contribution < -0.4 is 0 Å². The molecular weight excluding hydrogens is 168 g/mol. The van der Waals surface area contributed by atoms with E-state index in [-0.39, 0.29) is 0 Å². The molecule has 0 atom stereocenters. The van der Waals surface area contributed by atoms with Crippen LogP contribution in [0.5, 0.6) is 0 Å². The minimum Gasteiger partial charge on any atom is -0.450 e. The molecule has 0 heterocycles. The maximum absolute atomic E-state index is 8.56. The zero-order valence-electron chi connectivity index (χ0n) is 7.40. The van der Waals surface area contributed by atoms with Crippen molar-refractivity contribution >= 4 is 6.16 Å². The highest BCUT2D eigenvalue weighted by atomic mass is 16.6. The Bertz CT molecular complexity index is 280. The first-order valence-electron chi connectivity index (χ1n) is 4.17. The molecule has 0 amide bonds. The number of hydrogen-bond acceptors (Lipinski definition) is 1. The van der Waals surface area contributed by atoms with Crippen molar-refractivity contribution in [2.45, 2.75) is 19.3 Å². The Labute approximate surface area is 76.6 Å². The number of fused-ring (bicyclic) bond motifs is 1. The van der Waals surface area contributed by atoms with Crippen LogP contribution in [0.25, 0.3) is 0 Å². The molecule has 0 bridgehead atoms. The third-order valence-corrected chi connectivity index (χ3v) is 2.07. The minimum atomic E-state index is -1.83. The molecule has 3 heteroatoms. The highest BCUT2D eigenvalue weighted by molar-refractivity contribution is 5.53. The molecule has 0 saturated carbocycles. The monoisotopic (exact) mass is 180 g/mol. The van der Waals surface area contributed by atoms with Crippen LogP contribution >= 0.6 is 0 Å². The molecule has 2 rings (SSSR count). The molecule has 1 aliphatic rings. The van der Waals surface area contributed by atoms with Gasteiger partial charge >= 0.3 is 6.16 Å². The van der Waals surface area contributed by atoms with Crippen LogP contribution in [-0.4, -0.2) is 16.4 Å². The number of carbonyl (C=O) groups is 1. The Morgan fingerprint density at radius 3 is 2.00 bits per heavy atom. The molecule has 70 valence electrons. The summed E-state index contributed by atoms with van der Waals surface area (Å²) < 4.78 is 0. The van der Waals surface area contributed by atoms with E-state index in [4.69, 9.17) is 15.0 Å². The summed E-state index contributed by atoms with van der Waals surface area (Å²) in [5, 5.41) is 13.9. The van der Waals surface area contributed by atoms with Gasteiger partial charge in [0.25, 0.3) is 0 Å². The highest BCUT2D eigenvalue weighted by Gasteiger charge is 2.28. The third kappa shape index (κ3) is 2.47. The van der Waals surface area contributed by atoms with E-state index in [1.54, 1.807) is 11.1 Å². The maximum Gasteiger partial charge on any atom is 0.503 e. The average molecular weight is 180 g/mol. The molecule has 0 spiro atoms. The lowest BCUT2D eigenvalue weighted by Crippen LogP contribution is -1.81. The second-order valence-corrected chi connectivity index (χ2v) is 2.87. The minimum absolute atomic E-state index is 0.819. The van der Waals surface area contributed by atoms with Gasteiger partial charge < -0.3 is 10.2 Å².